The van der Waals surface area contributed by atoms with Crippen molar-refractivity contribution in [2.24, 2.45) is 0 Å². The molecule has 2 heterocycles. The Bertz CT molecular complexity index is 1030. The van der Waals surface area contributed by atoms with Crippen LogP contribution in [0.4, 0.5) is 5.82 Å². The van der Waals surface area contributed by atoms with Crippen LogP contribution in [0.15, 0.2) is 59.2 Å². The Hall–Kier alpha value is -2.60. The van der Waals surface area contributed by atoms with Gasteiger partial charge in [0.1, 0.15) is 11.3 Å². The standard InChI is InChI=1S/C19H17BrN4O/c20-13-7-8-15-16-12-24(23-18(16)19(21)22-17(15)11-13)9-4-10-25-14-5-2-1-3-6-14/h1-3,5-8,11-12H,4,9-10H2,(H2,21,22). The lowest BCUT2D eigenvalue weighted by molar-refractivity contribution is 0.299. The molecule has 4 rings (SSSR count). The minimum Gasteiger partial charge on any atom is -0.494 e. The summed E-state index contributed by atoms with van der Waals surface area (Å²) >= 11 is 3.47. The van der Waals surface area contributed by atoms with Gasteiger partial charge in [-0.3, -0.25) is 4.68 Å². The van der Waals surface area contributed by atoms with E-state index < -0.39 is 0 Å². The number of nitrogen functional groups attached to an aromatic ring is 1. The molecule has 4 aromatic rings. The summed E-state index contributed by atoms with van der Waals surface area (Å²) in [5, 5.41) is 6.67. The van der Waals surface area contributed by atoms with Crippen molar-refractivity contribution in [3.8, 4) is 5.75 Å². The molecule has 0 aliphatic carbocycles. The van der Waals surface area contributed by atoms with Crippen LogP contribution in [-0.2, 0) is 6.54 Å². The quantitative estimate of drug-likeness (QED) is 0.507. The summed E-state index contributed by atoms with van der Waals surface area (Å²) < 4.78 is 8.62. The topological polar surface area (TPSA) is 66.0 Å². The summed E-state index contributed by atoms with van der Waals surface area (Å²) in [6, 6.07) is 15.8. The molecule has 25 heavy (non-hydrogen) atoms. The summed E-state index contributed by atoms with van der Waals surface area (Å²) in [6.45, 7) is 1.40. The van der Waals surface area contributed by atoms with Gasteiger partial charge in [-0.25, -0.2) is 4.98 Å². The highest BCUT2D eigenvalue weighted by Gasteiger charge is 2.11. The summed E-state index contributed by atoms with van der Waals surface area (Å²) in [7, 11) is 0. The number of fused-ring (bicyclic) bond motifs is 3. The lowest BCUT2D eigenvalue weighted by atomic mass is 10.1. The van der Waals surface area contributed by atoms with Crippen molar-refractivity contribution < 1.29 is 4.74 Å². The van der Waals surface area contributed by atoms with Crippen molar-refractivity contribution in [1.29, 1.82) is 0 Å². The Balaban J connectivity index is 1.53. The molecule has 0 aliphatic heterocycles. The van der Waals surface area contributed by atoms with E-state index in [4.69, 9.17) is 10.5 Å². The Morgan fingerprint density at radius 1 is 1.08 bits per heavy atom. The van der Waals surface area contributed by atoms with E-state index in [2.05, 4.69) is 26.0 Å². The lowest BCUT2D eigenvalue weighted by Crippen LogP contribution is -2.05. The molecule has 0 amide bonds. The summed E-state index contributed by atoms with van der Waals surface area (Å²) in [5.74, 6) is 1.35. The molecule has 0 radical (unpaired) electrons. The highest BCUT2D eigenvalue weighted by molar-refractivity contribution is 9.10. The van der Waals surface area contributed by atoms with Gasteiger partial charge in [0, 0.05) is 34.4 Å². The van der Waals surface area contributed by atoms with Crippen LogP contribution in [0.3, 0.4) is 0 Å². The van der Waals surface area contributed by atoms with E-state index in [1.54, 1.807) is 0 Å². The zero-order chi connectivity index (χ0) is 17.2. The molecular formula is C19H17BrN4O. The van der Waals surface area contributed by atoms with Crippen molar-refractivity contribution in [3.05, 3.63) is 59.2 Å². The van der Waals surface area contributed by atoms with E-state index >= 15 is 0 Å². The number of benzene rings is 2. The molecule has 0 bridgehead atoms. The average Bonchev–Trinajstić information content (AvgIpc) is 3.04. The maximum atomic E-state index is 6.09. The van der Waals surface area contributed by atoms with Crippen LogP contribution >= 0.6 is 15.9 Å². The van der Waals surface area contributed by atoms with Gasteiger partial charge in [-0.1, -0.05) is 40.2 Å². The number of anilines is 1. The molecule has 0 fully saturated rings. The Morgan fingerprint density at radius 2 is 1.92 bits per heavy atom. The summed E-state index contributed by atoms with van der Waals surface area (Å²) in [5.41, 5.74) is 7.71. The normalized spacial score (nSPS) is 11.2. The minimum atomic E-state index is 0.458. The lowest BCUT2D eigenvalue weighted by Gasteiger charge is -2.05. The monoisotopic (exact) mass is 396 g/mol. The zero-order valence-electron chi connectivity index (χ0n) is 13.5. The maximum absolute atomic E-state index is 6.09. The van der Waals surface area contributed by atoms with Crippen LogP contribution in [0.5, 0.6) is 5.75 Å². The van der Waals surface area contributed by atoms with E-state index in [1.807, 2.05) is 59.4 Å². The molecule has 0 unspecified atom stereocenters. The molecule has 2 N–H and O–H groups in total. The number of hydrogen-bond acceptors (Lipinski definition) is 4. The summed E-state index contributed by atoms with van der Waals surface area (Å²) in [4.78, 5) is 4.46. The maximum Gasteiger partial charge on any atom is 0.152 e. The molecule has 0 saturated heterocycles. The van der Waals surface area contributed by atoms with Crippen molar-refractivity contribution in [3.63, 3.8) is 0 Å². The van der Waals surface area contributed by atoms with Crippen LogP contribution in [0, 0.1) is 0 Å². The van der Waals surface area contributed by atoms with Crippen LogP contribution in [0.1, 0.15) is 6.42 Å². The van der Waals surface area contributed by atoms with E-state index in [9.17, 15) is 0 Å². The van der Waals surface area contributed by atoms with Gasteiger partial charge in [-0.05, 0) is 24.3 Å². The third kappa shape index (κ3) is 3.30. The van der Waals surface area contributed by atoms with E-state index in [1.165, 1.54) is 0 Å². The Morgan fingerprint density at radius 3 is 2.76 bits per heavy atom. The number of nitrogens with two attached hydrogens (primary N) is 1. The SMILES string of the molecule is Nc1nc2cc(Br)ccc2c2cn(CCCOc3ccccc3)nc12. The second-order valence-corrected chi connectivity index (χ2v) is 6.74. The first kappa shape index (κ1) is 15.9. The van der Waals surface area contributed by atoms with Crippen molar-refractivity contribution >= 4 is 43.6 Å². The first-order chi connectivity index (χ1) is 12.2. The van der Waals surface area contributed by atoms with Crippen molar-refractivity contribution in [1.82, 2.24) is 14.8 Å². The smallest absolute Gasteiger partial charge is 0.152 e. The average molecular weight is 397 g/mol. The number of ether oxygens (including phenoxy) is 1. The largest absolute Gasteiger partial charge is 0.494 e. The first-order valence-electron chi connectivity index (χ1n) is 8.10. The Kier molecular flexibility index (Phi) is 4.28. The number of halogens is 1. The van der Waals surface area contributed by atoms with Crippen molar-refractivity contribution in [2.75, 3.05) is 12.3 Å². The second kappa shape index (κ2) is 6.72. The van der Waals surface area contributed by atoms with Gasteiger partial charge < -0.3 is 10.5 Å². The van der Waals surface area contributed by atoms with Gasteiger partial charge in [-0.2, -0.15) is 5.10 Å². The minimum absolute atomic E-state index is 0.458. The molecule has 0 spiro atoms. The molecule has 2 aromatic carbocycles. The molecular weight excluding hydrogens is 380 g/mol. The number of para-hydroxylation sites is 1. The number of aryl methyl sites for hydroxylation is 1. The van der Waals surface area contributed by atoms with Crippen LogP contribution < -0.4 is 10.5 Å². The molecule has 0 atom stereocenters. The molecule has 0 saturated carbocycles. The number of hydrogen-bond donors (Lipinski definition) is 1. The fourth-order valence-electron chi connectivity index (χ4n) is 2.86. The molecule has 2 aromatic heterocycles. The highest BCUT2D eigenvalue weighted by Crippen LogP contribution is 2.28. The fraction of sp³-hybridized carbons (Fsp3) is 0.158. The zero-order valence-corrected chi connectivity index (χ0v) is 15.1. The molecule has 0 aliphatic rings. The Labute approximate surface area is 153 Å². The number of rotatable bonds is 5. The number of pyridine rings is 1. The third-order valence-electron chi connectivity index (χ3n) is 4.04. The number of nitrogens with zero attached hydrogens (tertiary/aromatic N) is 3. The van der Waals surface area contributed by atoms with Crippen LogP contribution in [-0.4, -0.2) is 21.4 Å². The fourth-order valence-corrected chi connectivity index (χ4v) is 3.21. The van der Waals surface area contributed by atoms with Gasteiger partial charge in [0.25, 0.3) is 0 Å². The van der Waals surface area contributed by atoms with Gasteiger partial charge >= 0.3 is 0 Å². The van der Waals surface area contributed by atoms with Gasteiger partial charge in [0.2, 0.25) is 0 Å². The predicted octanol–water partition coefficient (Wildman–Crippen LogP) is 4.40. The van der Waals surface area contributed by atoms with E-state index in [-0.39, 0.29) is 0 Å². The number of aromatic nitrogens is 3. The van der Waals surface area contributed by atoms with Crippen LogP contribution in [0.2, 0.25) is 0 Å². The van der Waals surface area contributed by atoms with Gasteiger partial charge in [0.05, 0.1) is 12.1 Å². The third-order valence-corrected chi connectivity index (χ3v) is 4.53. The van der Waals surface area contributed by atoms with E-state index in [0.717, 1.165) is 45.0 Å². The van der Waals surface area contributed by atoms with Gasteiger partial charge in [0.15, 0.2) is 5.82 Å². The molecule has 126 valence electrons. The second-order valence-electron chi connectivity index (χ2n) is 5.83. The van der Waals surface area contributed by atoms with Crippen LogP contribution in [0.25, 0.3) is 21.8 Å². The summed E-state index contributed by atoms with van der Waals surface area (Å²) in [6.07, 6.45) is 2.89. The first-order valence-corrected chi connectivity index (χ1v) is 8.90. The predicted molar refractivity (Wildman–Crippen MR) is 104 cm³/mol. The highest BCUT2D eigenvalue weighted by atomic mass is 79.9. The molecule has 6 heteroatoms. The van der Waals surface area contributed by atoms with Gasteiger partial charge in [-0.15, -0.1) is 0 Å². The van der Waals surface area contributed by atoms with Crippen molar-refractivity contribution in [2.45, 2.75) is 13.0 Å². The molecule has 5 nitrogen and oxygen atoms in total. The van der Waals surface area contributed by atoms with E-state index in [0.29, 0.717) is 12.4 Å².